The van der Waals surface area contributed by atoms with E-state index in [2.05, 4.69) is 5.32 Å². The fourth-order valence-corrected chi connectivity index (χ4v) is 5.15. The van der Waals surface area contributed by atoms with Gasteiger partial charge in [-0.15, -0.1) is 0 Å². The van der Waals surface area contributed by atoms with Crippen LogP contribution in [0.4, 0.5) is 5.69 Å². The zero-order chi connectivity index (χ0) is 21.4. The zero-order valence-corrected chi connectivity index (χ0v) is 17.4. The molecular weight excluding hydrogens is 416 g/mol. The van der Waals surface area contributed by atoms with Gasteiger partial charge in [0.1, 0.15) is 5.58 Å². The number of ether oxygens (including phenoxy) is 1. The molecule has 0 bridgehead atoms. The van der Waals surface area contributed by atoms with Crippen molar-refractivity contribution in [2.24, 2.45) is 0 Å². The van der Waals surface area contributed by atoms with Crippen molar-refractivity contribution < 1.29 is 22.4 Å². The summed E-state index contributed by atoms with van der Waals surface area (Å²) in [7, 11) is -3.58. The molecule has 158 valence electrons. The molecule has 1 aromatic heterocycles. The highest BCUT2D eigenvalue weighted by molar-refractivity contribution is 7.89. The van der Waals surface area contributed by atoms with E-state index in [0.717, 1.165) is 16.2 Å². The molecule has 1 N–H and O–H groups in total. The van der Waals surface area contributed by atoms with Gasteiger partial charge < -0.3 is 14.5 Å². The van der Waals surface area contributed by atoms with Crippen LogP contribution in [0.5, 0.6) is 0 Å². The van der Waals surface area contributed by atoms with Crippen LogP contribution in [0.25, 0.3) is 21.7 Å². The lowest BCUT2D eigenvalue weighted by Crippen LogP contribution is -2.40. The molecule has 1 fully saturated rings. The molecule has 0 saturated carbocycles. The van der Waals surface area contributed by atoms with E-state index in [1.165, 1.54) is 16.4 Å². The third-order valence-corrected chi connectivity index (χ3v) is 7.28. The van der Waals surface area contributed by atoms with Crippen LogP contribution in [0, 0.1) is 0 Å². The molecule has 1 amide bonds. The number of carbonyl (C=O) groups excluding carboxylic acids is 1. The second-order valence-corrected chi connectivity index (χ2v) is 9.24. The van der Waals surface area contributed by atoms with Crippen molar-refractivity contribution in [3.63, 3.8) is 0 Å². The summed E-state index contributed by atoms with van der Waals surface area (Å²) < 4.78 is 37.8. The molecule has 1 aliphatic rings. The van der Waals surface area contributed by atoms with Crippen molar-refractivity contribution in [2.75, 3.05) is 31.6 Å². The Labute approximate surface area is 179 Å². The molecular formula is C23H20N2O5S. The summed E-state index contributed by atoms with van der Waals surface area (Å²) in [5, 5.41) is 5.72. The van der Waals surface area contributed by atoms with Crippen LogP contribution in [0.15, 0.2) is 76.0 Å². The van der Waals surface area contributed by atoms with E-state index in [0.29, 0.717) is 37.6 Å². The number of fused-ring (bicyclic) bond motifs is 3. The number of anilines is 1. The van der Waals surface area contributed by atoms with Crippen LogP contribution >= 0.6 is 0 Å². The predicted molar refractivity (Wildman–Crippen MR) is 118 cm³/mol. The number of amides is 1. The maximum absolute atomic E-state index is 12.7. The summed E-state index contributed by atoms with van der Waals surface area (Å²) in [6.07, 6.45) is 0. The third kappa shape index (κ3) is 3.69. The van der Waals surface area contributed by atoms with Gasteiger partial charge in [-0.3, -0.25) is 4.79 Å². The first kappa shape index (κ1) is 19.7. The van der Waals surface area contributed by atoms with E-state index in [1.54, 1.807) is 18.2 Å². The normalized spacial score (nSPS) is 15.4. The number of rotatable bonds is 4. The maximum Gasteiger partial charge on any atom is 0.291 e. The van der Waals surface area contributed by atoms with Gasteiger partial charge in [0.2, 0.25) is 10.0 Å². The second-order valence-electron chi connectivity index (χ2n) is 7.30. The van der Waals surface area contributed by atoms with E-state index in [9.17, 15) is 13.2 Å². The quantitative estimate of drug-likeness (QED) is 0.525. The van der Waals surface area contributed by atoms with Gasteiger partial charge in [-0.1, -0.05) is 30.3 Å². The fourth-order valence-electron chi connectivity index (χ4n) is 3.74. The number of sulfonamides is 1. The number of hydrogen-bond donors (Lipinski definition) is 1. The summed E-state index contributed by atoms with van der Waals surface area (Å²) in [6.45, 7) is 1.45. The molecule has 31 heavy (non-hydrogen) atoms. The molecule has 1 saturated heterocycles. The van der Waals surface area contributed by atoms with E-state index < -0.39 is 15.9 Å². The van der Waals surface area contributed by atoms with Gasteiger partial charge in [0, 0.05) is 24.2 Å². The minimum atomic E-state index is -3.58. The highest BCUT2D eigenvalue weighted by Gasteiger charge is 2.26. The Morgan fingerprint density at radius 1 is 0.903 bits per heavy atom. The average molecular weight is 436 g/mol. The molecule has 4 aromatic rings. The standard InChI is InChI=1S/C23H20N2O5S/c26-23(22-15-20-19-4-2-1-3-16(19)5-10-21(20)30-22)24-17-6-8-18(9-7-17)31(27,28)25-11-13-29-14-12-25/h1-10,15H,11-14H2,(H,24,26). The minimum absolute atomic E-state index is 0.183. The number of nitrogens with zero attached hydrogens (tertiary/aromatic N) is 1. The number of nitrogens with one attached hydrogen (secondary N) is 1. The van der Waals surface area contributed by atoms with Crippen molar-refractivity contribution in [1.82, 2.24) is 4.31 Å². The Kier molecular flexibility index (Phi) is 4.97. The molecule has 0 unspecified atom stereocenters. The maximum atomic E-state index is 12.7. The molecule has 5 rings (SSSR count). The van der Waals surface area contributed by atoms with Crippen molar-refractivity contribution >= 4 is 43.4 Å². The number of morpholine rings is 1. The molecule has 1 aliphatic heterocycles. The first-order valence-electron chi connectivity index (χ1n) is 9.93. The largest absolute Gasteiger partial charge is 0.451 e. The highest BCUT2D eigenvalue weighted by Crippen LogP contribution is 2.28. The van der Waals surface area contributed by atoms with Gasteiger partial charge in [0.15, 0.2) is 5.76 Å². The monoisotopic (exact) mass is 436 g/mol. The summed E-state index contributed by atoms with van der Waals surface area (Å²) in [5.74, 6) is -0.208. The molecule has 0 radical (unpaired) electrons. The van der Waals surface area contributed by atoms with Gasteiger partial charge in [0.25, 0.3) is 5.91 Å². The van der Waals surface area contributed by atoms with E-state index in [1.807, 2.05) is 36.4 Å². The first-order valence-corrected chi connectivity index (χ1v) is 11.4. The SMILES string of the molecule is O=C(Nc1ccc(S(=O)(=O)N2CCOCC2)cc1)c1cc2c(ccc3ccccc32)o1. The summed E-state index contributed by atoms with van der Waals surface area (Å²) in [4.78, 5) is 12.9. The van der Waals surface area contributed by atoms with Crippen LogP contribution < -0.4 is 5.32 Å². The Hall–Kier alpha value is -3.20. The number of benzene rings is 3. The smallest absolute Gasteiger partial charge is 0.291 e. The van der Waals surface area contributed by atoms with Gasteiger partial charge >= 0.3 is 0 Å². The third-order valence-electron chi connectivity index (χ3n) is 5.37. The molecule has 0 aliphatic carbocycles. The van der Waals surface area contributed by atoms with Crippen LogP contribution in [-0.2, 0) is 14.8 Å². The minimum Gasteiger partial charge on any atom is -0.451 e. The summed E-state index contributed by atoms with van der Waals surface area (Å²) in [5.41, 5.74) is 1.12. The van der Waals surface area contributed by atoms with Gasteiger partial charge in [-0.2, -0.15) is 4.31 Å². The highest BCUT2D eigenvalue weighted by atomic mass is 32.2. The Bertz CT molecular complexity index is 1370. The Morgan fingerprint density at radius 2 is 1.65 bits per heavy atom. The summed E-state index contributed by atoms with van der Waals surface area (Å²) in [6, 6.07) is 19.6. The van der Waals surface area contributed by atoms with E-state index in [-0.39, 0.29) is 10.7 Å². The Balaban J connectivity index is 1.36. The van der Waals surface area contributed by atoms with Crippen LogP contribution in [0.3, 0.4) is 0 Å². The van der Waals surface area contributed by atoms with Crippen LogP contribution in [0.1, 0.15) is 10.6 Å². The van der Waals surface area contributed by atoms with E-state index in [4.69, 9.17) is 9.15 Å². The lowest BCUT2D eigenvalue weighted by molar-refractivity contribution is 0.0730. The van der Waals surface area contributed by atoms with Crippen molar-refractivity contribution in [2.45, 2.75) is 4.90 Å². The topological polar surface area (TPSA) is 88.9 Å². The van der Waals surface area contributed by atoms with Crippen LogP contribution in [0.2, 0.25) is 0 Å². The molecule has 7 nitrogen and oxygen atoms in total. The molecule has 0 atom stereocenters. The number of furan rings is 1. The van der Waals surface area contributed by atoms with Gasteiger partial charge in [-0.05, 0) is 47.2 Å². The first-order chi connectivity index (χ1) is 15.0. The Morgan fingerprint density at radius 3 is 2.42 bits per heavy atom. The molecule has 3 aromatic carbocycles. The number of carbonyl (C=O) groups is 1. The lowest BCUT2D eigenvalue weighted by atomic mass is 10.1. The molecule has 8 heteroatoms. The molecule has 0 spiro atoms. The fraction of sp³-hybridized carbons (Fsp3) is 0.174. The van der Waals surface area contributed by atoms with E-state index >= 15 is 0 Å². The van der Waals surface area contributed by atoms with Gasteiger partial charge in [-0.25, -0.2) is 8.42 Å². The predicted octanol–water partition coefficient (Wildman–Crippen LogP) is 3.86. The second kappa shape index (κ2) is 7.81. The number of hydrogen-bond acceptors (Lipinski definition) is 5. The van der Waals surface area contributed by atoms with Gasteiger partial charge in [0.05, 0.1) is 18.1 Å². The molecule has 2 heterocycles. The van der Waals surface area contributed by atoms with Crippen LogP contribution in [-0.4, -0.2) is 44.9 Å². The van der Waals surface area contributed by atoms with Crippen molar-refractivity contribution in [3.05, 3.63) is 72.5 Å². The average Bonchev–Trinajstić information content (AvgIpc) is 3.25. The zero-order valence-electron chi connectivity index (χ0n) is 16.6. The van der Waals surface area contributed by atoms with Crippen molar-refractivity contribution in [1.29, 1.82) is 0 Å². The summed E-state index contributed by atoms with van der Waals surface area (Å²) >= 11 is 0. The lowest BCUT2D eigenvalue weighted by Gasteiger charge is -2.26. The van der Waals surface area contributed by atoms with Crippen molar-refractivity contribution in [3.8, 4) is 0 Å².